The van der Waals surface area contributed by atoms with E-state index in [1.807, 2.05) is 18.2 Å². The van der Waals surface area contributed by atoms with Crippen LogP contribution in [0.5, 0.6) is 0 Å². The van der Waals surface area contributed by atoms with Crippen molar-refractivity contribution in [3.63, 3.8) is 0 Å². The summed E-state index contributed by atoms with van der Waals surface area (Å²) in [6.07, 6.45) is 1.78. The second-order valence-electron chi connectivity index (χ2n) is 3.46. The lowest BCUT2D eigenvalue weighted by Gasteiger charge is -1.94. The summed E-state index contributed by atoms with van der Waals surface area (Å²) >= 11 is 0. The Bertz CT molecular complexity index is 408. The van der Waals surface area contributed by atoms with Crippen LogP contribution in [0.25, 0.3) is 0 Å². The third kappa shape index (κ3) is 2.62. The highest BCUT2D eigenvalue weighted by Crippen LogP contribution is 2.03. The van der Waals surface area contributed by atoms with E-state index in [4.69, 9.17) is 0 Å². The number of nitrogens with zero attached hydrogens (tertiary/aromatic N) is 4. The fourth-order valence-corrected chi connectivity index (χ4v) is 1.42. The number of rotatable bonds is 4. The first kappa shape index (κ1) is 9.83. The molecule has 4 heteroatoms. The molecular formula is C11H14N4. The molecule has 1 heterocycles. The van der Waals surface area contributed by atoms with Gasteiger partial charge < -0.3 is 0 Å². The fraction of sp³-hybridized carbons (Fsp3) is 0.364. The molecule has 0 atom stereocenters. The van der Waals surface area contributed by atoms with Crippen LogP contribution in [0.15, 0.2) is 30.3 Å². The molecule has 0 spiro atoms. The summed E-state index contributed by atoms with van der Waals surface area (Å²) in [5.74, 6) is 0.787. The molecule has 2 rings (SSSR count). The molecule has 0 radical (unpaired) electrons. The lowest BCUT2D eigenvalue weighted by molar-refractivity contribution is 0.513. The third-order valence-corrected chi connectivity index (χ3v) is 2.12. The van der Waals surface area contributed by atoms with Crippen molar-refractivity contribution in [1.29, 1.82) is 0 Å². The van der Waals surface area contributed by atoms with Crippen molar-refractivity contribution in [2.45, 2.75) is 26.3 Å². The van der Waals surface area contributed by atoms with Crippen LogP contribution in [-0.2, 0) is 13.0 Å². The van der Waals surface area contributed by atoms with E-state index in [2.05, 4.69) is 34.5 Å². The van der Waals surface area contributed by atoms with Gasteiger partial charge in [0.1, 0.15) is 0 Å². The van der Waals surface area contributed by atoms with Crippen molar-refractivity contribution in [3.8, 4) is 0 Å². The lowest BCUT2D eigenvalue weighted by Crippen LogP contribution is -2.01. The molecule has 0 bridgehead atoms. The lowest BCUT2D eigenvalue weighted by atomic mass is 10.1. The van der Waals surface area contributed by atoms with Gasteiger partial charge in [0.05, 0.1) is 6.54 Å². The number of hydrogen-bond donors (Lipinski definition) is 0. The molecule has 0 aliphatic heterocycles. The van der Waals surface area contributed by atoms with Crippen molar-refractivity contribution in [2.24, 2.45) is 0 Å². The van der Waals surface area contributed by atoms with Crippen molar-refractivity contribution < 1.29 is 0 Å². The van der Waals surface area contributed by atoms with Gasteiger partial charge in [0, 0.05) is 6.42 Å². The van der Waals surface area contributed by atoms with Crippen LogP contribution in [0.1, 0.15) is 24.7 Å². The number of benzene rings is 1. The van der Waals surface area contributed by atoms with Crippen LogP contribution in [-0.4, -0.2) is 20.2 Å². The van der Waals surface area contributed by atoms with Gasteiger partial charge in [0.2, 0.25) is 0 Å². The minimum atomic E-state index is 0.755. The molecule has 4 nitrogen and oxygen atoms in total. The van der Waals surface area contributed by atoms with Crippen LogP contribution in [0.2, 0.25) is 0 Å². The van der Waals surface area contributed by atoms with Gasteiger partial charge in [-0.05, 0) is 17.2 Å². The molecule has 0 saturated heterocycles. The Morgan fingerprint density at radius 1 is 1.20 bits per heavy atom. The Morgan fingerprint density at radius 2 is 2.00 bits per heavy atom. The summed E-state index contributed by atoms with van der Waals surface area (Å²) in [6.45, 7) is 2.93. The van der Waals surface area contributed by atoms with Gasteiger partial charge in [0.15, 0.2) is 5.82 Å². The van der Waals surface area contributed by atoms with E-state index in [0.717, 1.165) is 25.2 Å². The Morgan fingerprint density at radius 3 is 2.73 bits per heavy atom. The van der Waals surface area contributed by atoms with E-state index < -0.39 is 0 Å². The van der Waals surface area contributed by atoms with E-state index in [9.17, 15) is 0 Å². The summed E-state index contributed by atoms with van der Waals surface area (Å²) in [7, 11) is 0. The Balaban J connectivity index is 2.05. The number of aryl methyl sites for hydroxylation is 1. The van der Waals surface area contributed by atoms with Gasteiger partial charge >= 0.3 is 0 Å². The molecular weight excluding hydrogens is 188 g/mol. The first-order valence-electron chi connectivity index (χ1n) is 5.19. The van der Waals surface area contributed by atoms with E-state index in [-0.39, 0.29) is 0 Å². The monoisotopic (exact) mass is 202 g/mol. The van der Waals surface area contributed by atoms with Gasteiger partial charge in [-0.25, -0.2) is 0 Å². The maximum absolute atomic E-state index is 4.29. The summed E-state index contributed by atoms with van der Waals surface area (Å²) in [5.41, 5.74) is 1.22. The highest BCUT2D eigenvalue weighted by atomic mass is 15.6. The average Bonchev–Trinajstić information content (AvgIpc) is 2.68. The molecule has 0 aliphatic carbocycles. The summed E-state index contributed by atoms with van der Waals surface area (Å²) in [6, 6.07) is 10.2. The SMILES string of the molecule is CCCn1nnc(Cc2ccccc2)n1. The summed E-state index contributed by atoms with van der Waals surface area (Å²) < 4.78 is 0. The maximum atomic E-state index is 4.29. The Kier molecular flexibility index (Phi) is 3.07. The molecule has 15 heavy (non-hydrogen) atoms. The second-order valence-corrected chi connectivity index (χ2v) is 3.46. The summed E-state index contributed by atoms with van der Waals surface area (Å²) in [4.78, 5) is 1.65. The van der Waals surface area contributed by atoms with E-state index in [0.29, 0.717) is 0 Å². The maximum Gasteiger partial charge on any atom is 0.179 e. The largest absolute Gasteiger partial charge is 0.179 e. The zero-order valence-electron chi connectivity index (χ0n) is 8.80. The third-order valence-electron chi connectivity index (χ3n) is 2.12. The minimum absolute atomic E-state index is 0.755. The molecule has 1 aromatic heterocycles. The van der Waals surface area contributed by atoms with Gasteiger partial charge in [-0.3, -0.25) is 0 Å². The van der Waals surface area contributed by atoms with E-state index in [1.54, 1.807) is 4.80 Å². The Hall–Kier alpha value is -1.71. The molecule has 0 aliphatic rings. The van der Waals surface area contributed by atoms with Crippen molar-refractivity contribution in [2.75, 3.05) is 0 Å². The standard InChI is InChI=1S/C11H14N4/c1-2-8-15-13-11(12-14-15)9-10-6-4-3-5-7-10/h3-7H,2,8-9H2,1H3. The van der Waals surface area contributed by atoms with Crippen molar-refractivity contribution in [1.82, 2.24) is 20.2 Å². The molecule has 0 amide bonds. The highest BCUT2D eigenvalue weighted by Gasteiger charge is 2.02. The molecule has 1 aromatic carbocycles. The van der Waals surface area contributed by atoms with Gasteiger partial charge in [-0.15, -0.1) is 10.2 Å². The molecule has 0 fully saturated rings. The molecule has 78 valence electrons. The average molecular weight is 202 g/mol. The van der Waals surface area contributed by atoms with Crippen molar-refractivity contribution >= 4 is 0 Å². The van der Waals surface area contributed by atoms with Crippen LogP contribution >= 0.6 is 0 Å². The van der Waals surface area contributed by atoms with Crippen LogP contribution in [0.4, 0.5) is 0 Å². The first-order chi connectivity index (χ1) is 7.38. The number of hydrogen-bond acceptors (Lipinski definition) is 3. The van der Waals surface area contributed by atoms with Gasteiger partial charge in [-0.2, -0.15) is 4.80 Å². The zero-order chi connectivity index (χ0) is 10.5. The van der Waals surface area contributed by atoms with Crippen molar-refractivity contribution in [3.05, 3.63) is 41.7 Å². The molecule has 0 unspecified atom stereocenters. The van der Waals surface area contributed by atoms with E-state index in [1.165, 1.54) is 5.56 Å². The molecule has 0 saturated carbocycles. The van der Waals surface area contributed by atoms with Gasteiger partial charge in [0.25, 0.3) is 0 Å². The van der Waals surface area contributed by atoms with Gasteiger partial charge in [-0.1, -0.05) is 37.3 Å². The fourth-order valence-electron chi connectivity index (χ4n) is 1.42. The predicted octanol–water partition coefficient (Wildman–Crippen LogP) is 1.67. The zero-order valence-corrected chi connectivity index (χ0v) is 8.80. The quantitative estimate of drug-likeness (QED) is 0.757. The molecule has 2 aromatic rings. The number of aromatic nitrogens is 4. The topological polar surface area (TPSA) is 43.6 Å². The normalized spacial score (nSPS) is 10.5. The van der Waals surface area contributed by atoms with Crippen LogP contribution in [0, 0.1) is 0 Å². The highest BCUT2D eigenvalue weighted by molar-refractivity contribution is 5.17. The van der Waals surface area contributed by atoms with E-state index >= 15 is 0 Å². The Labute approximate surface area is 88.9 Å². The summed E-state index contributed by atoms with van der Waals surface area (Å²) in [5, 5.41) is 12.3. The predicted molar refractivity (Wildman–Crippen MR) is 57.4 cm³/mol. The molecule has 0 N–H and O–H groups in total. The number of tetrazole rings is 1. The smallest absolute Gasteiger partial charge is 0.164 e. The van der Waals surface area contributed by atoms with Crippen LogP contribution in [0.3, 0.4) is 0 Å². The minimum Gasteiger partial charge on any atom is -0.164 e. The first-order valence-corrected chi connectivity index (χ1v) is 5.19. The second kappa shape index (κ2) is 4.68. The van der Waals surface area contributed by atoms with Crippen LogP contribution < -0.4 is 0 Å².